The second-order valence-electron chi connectivity index (χ2n) is 13.2. The van der Waals surface area contributed by atoms with Gasteiger partial charge in [0.15, 0.2) is 0 Å². The summed E-state index contributed by atoms with van der Waals surface area (Å²) in [5, 5.41) is 8.66. The van der Waals surface area contributed by atoms with Crippen molar-refractivity contribution in [2.24, 2.45) is 5.41 Å². The maximum Gasteiger partial charge on any atom is 0.123 e. The van der Waals surface area contributed by atoms with Crippen molar-refractivity contribution in [1.82, 2.24) is 20.1 Å². The van der Waals surface area contributed by atoms with Crippen molar-refractivity contribution in [3.8, 4) is 17.0 Å². The number of H-pyrrole nitrogens is 1. The SMILES string of the molecule is Cc1ccc(C(C)C)cc1OCc1c(CN2CCCC(C)(C)C2)cc(-c2c(C(C)C)ccc3[nH]ncc23)nc1C. The highest BCUT2D eigenvalue weighted by molar-refractivity contribution is 5.95. The number of aromatic nitrogens is 3. The Morgan fingerprint density at radius 3 is 2.55 bits per heavy atom. The van der Waals surface area contributed by atoms with Crippen molar-refractivity contribution in [2.75, 3.05) is 13.1 Å². The zero-order valence-corrected chi connectivity index (χ0v) is 25.7. The first kappa shape index (κ1) is 28.4. The van der Waals surface area contributed by atoms with Gasteiger partial charge in [-0.2, -0.15) is 5.10 Å². The third kappa shape index (κ3) is 5.95. The van der Waals surface area contributed by atoms with Gasteiger partial charge in [0.25, 0.3) is 0 Å². The first-order valence-corrected chi connectivity index (χ1v) is 14.9. The summed E-state index contributed by atoms with van der Waals surface area (Å²) in [5.41, 5.74) is 10.9. The molecule has 0 aliphatic carbocycles. The molecule has 0 unspecified atom stereocenters. The number of aromatic amines is 1. The van der Waals surface area contributed by atoms with E-state index in [1.54, 1.807) is 0 Å². The number of likely N-dealkylation sites (tertiary alicyclic amines) is 1. The molecule has 0 saturated carbocycles. The molecule has 1 aliphatic heterocycles. The molecule has 4 aromatic rings. The summed E-state index contributed by atoms with van der Waals surface area (Å²) in [6.45, 7) is 21.7. The number of pyridine rings is 1. The number of benzene rings is 2. The average Bonchev–Trinajstić information content (AvgIpc) is 3.36. The minimum Gasteiger partial charge on any atom is -0.489 e. The molecule has 0 spiro atoms. The summed E-state index contributed by atoms with van der Waals surface area (Å²) in [5.74, 6) is 1.80. The topological polar surface area (TPSA) is 54.0 Å². The molecule has 0 atom stereocenters. The zero-order valence-electron chi connectivity index (χ0n) is 25.7. The number of rotatable bonds is 8. The lowest BCUT2D eigenvalue weighted by Crippen LogP contribution is -2.39. The van der Waals surface area contributed by atoms with Crippen LogP contribution < -0.4 is 4.74 Å². The molecule has 0 bridgehead atoms. The third-order valence-corrected chi connectivity index (χ3v) is 8.58. The number of nitrogens with zero attached hydrogens (tertiary/aromatic N) is 3. The normalized spacial score (nSPS) is 15.8. The Morgan fingerprint density at radius 1 is 1.02 bits per heavy atom. The lowest BCUT2D eigenvalue weighted by Gasteiger charge is -2.38. The highest BCUT2D eigenvalue weighted by Crippen LogP contribution is 2.37. The Bertz CT molecular complexity index is 1500. The van der Waals surface area contributed by atoms with Gasteiger partial charge in [-0.05, 0) is 90.9 Å². The van der Waals surface area contributed by atoms with Gasteiger partial charge in [-0.1, -0.05) is 59.7 Å². The first-order valence-electron chi connectivity index (χ1n) is 14.9. The second-order valence-corrected chi connectivity index (χ2v) is 13.2. The number of nitrogens with one attached hydrogen (secondary N) is 1. The fourth-order valence-corrected chi connectivity index (χ4v) is 6.23. The summed E-state index contributed by atoms with van der Waals surface area (Å²) in [6.07, 6.45) is 4.47. The lowest BCUT2D eigenvalue weighted by atomic mass is 9.84. The Hall–Kier alpha value is -3.18. The van der Waals surface area contributed by atoms with Crippen LogP contribution in [0.3, 0.4) is 0 Å². The smallest absolute Gasteiger partial charge is 0.123 e. The highest BCUT2D eigenvalue weighted by atomic mass is 16.5. The molecule has 5 rings (SSSR count). The van der Waals surface area contributed by atoms with E-state index < -0.39 is 0 Å². The quantitative estimate of drug-likeness (QED) is 0.244. The monoisotopic (exact) mass is 538 g/mol. The van der Waals surface area contributed by atoms with E-state index in [1.807, 2.05) is 6.20 Å². The Kier molecular flexibility index (Phi) is 8.05. The van der Waals surface area contributed by atoms with Gasteiger partial charge < -0.3 is 4.74 Å². The number of hydrogen-bond acceptors (Lipinski definition) is 4. The fraction of sp³-hybridized carbons (Fsp3) is 0.486. The van der Waals surface area contributed by atoms with Crippen molar-refractivity contribution in [3.05, 3.63) is 76.1 Å². The van der Waals surface area contributed by atoms with Crippen molar-refractivity contribution in [3.63, 3.8) is 0 Å². The van der Waals surface area contributed by atoms with Gasteiger partial charge in [0, 0.05) is 35.3 Å². The first-order chi connectivity index (χ1) is 19.0. The molecule has 2 aromatic heterocycles. The van der Waals surface area contributed by atoms with Gasteiger partial charge in [0.2, 0.25) is 0 Å². The molecule has 1 saturated heterocycles. The molecular formula is C35H46N4O. The molecule has 0 amide bonds. The number of aryl methyl sites for hydroxylation is 2. The van der Waals surface area contributed by atoms with Crippen LogP contribution in [0.5, 0.6) is 5.75 Å². The molecule has 1 N–H and O–H groups in total. The predicted octanol–water partition coefficient (Wildman–Crippen LogP) is 8.69. The van der Waals surface area contributed by atoms with Gasteiger partial charge in [-0.15, -0.1) is 0 Å². The van der Waals surface area contributed by atoms with Crippen molar-refractivity contribution < 1.29 is 4.74 Å². The molecule has 40 heavy (non-hydrogen) atoms. The van der Waals surface area contributed by atoms with E-state index in [2.05, 4.69) is 107 Å². The molecule has 5 nitrogen and oxygen atoms in total. The zero-order chi connectivity index (χ0) is 28.6. The molecule has 0 radical (unpaired) electrons. The van der Waals surface area contributed by atoms with Crippen LogP contribution in [0.25, 0.3) is 22.2 Å². The molecule has 1 aliphatic rings. The summed E-state index contributed by atoms with van der Waals surface area (Å²) >= 11 is 0. The summed E-state index contributed by atoms with van der Waals surface area (Å²) < 4.78 is 6.56. The minimum absolute atomic E-state index is 0.335. The lowest BCUT2D eigenvalue weighted by molar-refractivity contribution is 0.111. The van der Waals surface area contributed by atoms with E-state index in [4.69, 9.17) is 9.72 Å². The average molecular weight is 539 g/mol. The van der Waals surface area contributed by atoms with Crippen molar-refractivity contribution >= 4 is 10.9 Å². The minimum atomic E-state index is 0.335. The number of piperidine rings is 1. The predicted molar refractivity (Wildman–Crippen MR) is 166 cm³/mol. The van der Waals surface area contributed by atoms with E-state index >= 15 is 0 Å². The van der Waals surface area contributed by atoms with Crippen LogP contribution in [-0.4, -0.2) is 33.2 Å². The van der Waals surface area contributed by atoms with Gasteiger partial charge in [0.05, 0.1) is 17.4 Å². The maximum atomic E-state index is 6.56. The van der Waals surface area contributed by atoms with Crippen LogP contribution >= 0.6 is 0 Å². The largest absolute Gasteiger partial charge is 0.489 e. The van der Waals surface area contributed by atoms with Crippen molar-refractivity contribution in [1.29, 1.82) is 0 Å². The van der Waals surface area contributed by atoms with Crippen LogP contribution in [0.2, 0.25) is 0 Å². The van der Waals surface area contributed by atoms with Crippen LogP contribution in [-0.2, 0) is 13.2 Å². The molecule has 3 heterocycles. The highest BCUT2D eigenvalue weighted by Gasteiger charge is 2.27. The summed E-state index contributed by atoms with van der Waals surface area (Å²) in [4.78, 5) is 7.86. The van der Waals surface area contributed by atoms with Crippen LogP contribution in [0, 0.1) is 19.3 Å². The van der Waals surface area contributed by atoms with E-state index in [-0.39, 0.29) is 0 Å². The van der Waals surface area contributed by atoms with E-state index in [9.17, 15) is 0 Å². The Labute approximate surface area is 240 Å². The molecule has 1 fully saturated rings. The number of ether oxygens (including phenoxy) is 1. The fourth-order valence-electron chi connectivity index (χ4n) is 6.23. The van der Waals surface area contributed by atoms with Crippen LogP contribution in [0.1, 0.15) is 99.7 Å². The Balaban J connectivity index is 1.58. The van der Waals surface area contributed by atoms with Gasteiger partial charge in [0.1, 0.15) is 12.4 Å². The van der Waals surface area contributed by atoms with E-state index in [0.717, 1.165) is 47.7 Å². The van der Waals surface area contributed by atoms with Crippen molar-refractivity contribution in [2.45, 2.75) is 93.2 Å². The van der Waals surface area contributed by atoms with E-state index in [0.29, 0.717) is 23.9 Å². The maximum absolute atomic E-state index is 6.56. The Morgan fingerprint density at radius 2 is 1.82 bits per heavy atom. The summed E-state index contributed by atoms with van der Waals surface area (Å²) in [7, 11) is 0. The van der Waals surface area contributed by atoms with Crippen LogP contribution in [0.15, 0.2) is 42.6 Å². The second kappa shape index (κ2) is 11.4. The number of fused-ring (bicyclic) bond motifs is 1. The van der Waals surface area contributed by atoms with Gasteiger partial charge >= 0.3 is 0 Å². The molecule has 5 heteroatoms. The molecular weight excluding hydrogens is 492 g/mol. The summed E-state index contributed by atoms with van der Waals surface area (Å²) in [6, 6.07) is 13.3. The number of hydrogen-bond donors (Lipinski definition) is 1. The molecule has 212 valence electrons. The van der Waals surface area contributed by atoms with Gasteiger partial charge in [-0.25, -0.2) is 0 Å². The third-order valence-electron chi connectivity index (χ3n) is 8.58. The van der Waals surface area contributed by atoms with E-state index in [1.165, 1.54) is 46.2 Å². The van der Waals surface area contributed by atoms with Crippen LogP contribution in [0.4, 0.5) is 0 Å². The van der Waals surface area contributed by atoms with Gasteiger partial charge in [-0.3, -0.25) is 15.0 Å². The standard InChI is InChI=1S/C35H46N4O/c1-22(2)26-11-10-24(5)33(17-26)40-20-30-25(6)37-32(16-27(30)19-39-15-9-14-35(7,8)21-39)34-28(23(3)4)12-13-31-29(34)18-36-38-31/h10-13,16-18,22-23H,9,14-15,19-21H2,1-8H3,(H,36,38). The molecule has 2 aromatic carbocycles.